The second-order valence-corrected chi connectivity index (χ2v) is 8.65. The van der Waals surface area contributed by atoms with Gasteiger partial charge in [-0.1, -0.05) is 48.5 Å². The highest BCUT2D eigenvalue weighted by Gasteiger charge is 2.19. The molecule has 0 aliphatic rings. The molecule has 5 aromatic heterocycles. The lowest BCUT2D eigenvalue weighted by atomic mass is 9.99. The Morgan fingerprint density at radius 1 is 0.486 bits per heavy atom. The number of para-hydroxylation sites is 2. The van der Waals surface area contributed by atoms with Gasteiger partial charge in [-0.05, 0) is 42.5 Å². The monoisotopic (exact) mass is 476 g/mol. The second-order valence-electron chi connectivity index (χ2n) is 8.65. The molecule has 2 aromatic carbocycles. The molecule has 0 spiro atoms. The largest absolute Gasteiger partial charge is 0.306 e. The van der Waals surface area contributed by atoms with Gasteiger partial charge in [-0.25, -0.2) is 9.97 Å². The quantitative estimate of drug-likeness (QED) is 0.281. The first kappa shape index (κ1) is 21.1. The van der Waals surface area contributed by atoms with Gasteiger partial charge < -0.3 is 4.57 Å². The summed E-state index contributed by atoms with van der Waals surface area (Å²) in [6.45, 7) is 0. The molecule has 0 bridgehead atoms. The van der Waals surface area contributed by atoms with Gasteiger partial charge in [-0.3, -0.25) is 15.0 Å². The van der Waals surface area contributed by atoms with E-state index in [0.29, 0.717) is 5.82 Å². The fourth-order valence-electron chi connectivity index (χ4n) is 4.89. The van der Waals surface area contributed by atoms with Gasteiger partial charge in [-0.2, -0.15) is 0 Å². The maximum absolute atomic E-state index is 4.83. The minimum atomic E-state index is 0.602. The molecule has 0 radical (unpaired) electrons. The molecule has 7 rings (SSSR count). The standard InChI is InChI=1S/C31H20N6/c1-3-13-27-22(9-1)23-10-2-4-14-28(23)37(27)21-19-35-31(36-20-21)24-15-18-34-30(26-12-6-8-17-33-26)29(24)25-11-5-7-16-32-25/h1-20H. The van der Waals surface area contributed by atoms with Gasteiger partial charge in [0.25, 0.3) is 0 Å². The fourth-order valence-corrected chi connectivity index (χ4v) is 4.89. The van der Waals surface area contributed by atoms with E-state index in [-0.39, 0.29) is 0 Å². The van der Waals surface area contributed by atoms with Crippen molar-refractivity contribution in [3.63, 3.8) is 0 Å². The first-order valence-corrected chi connectivity index (χ1v) is 12.0. The summed E-state index contributed by atoms with van der Waals surface area (Å²) in [5.74, 6) is 0.602. The highest BCUT2D eigenvalue weighted by molar-refractivity contribution is 6.09. The van der Waals surface area contributed by atoms with E-state index < -0.39 is 0 Å². The van der Waals surface area contributed by atoms with Crippen molar-refractivity contribution in [1.29, 1.82) is 0 Å². The minimum Gasteiger partial charge on any atom is -0.306 e. The summed E-state index contributed by atoms with van der Waals surface area (Å²) in [4.78, 5) is 23.5. The lowest BCUT2D eigenvalue weighted by Gasteiger charge is -2.13. The Morgan fingerprint density at radius 2 is 1.08 bits per heavy atom. The lowest BCUT2D eigenvalue weighted by Crippen LogP contribution is -2.00. The second kappa shape index (κ2) is 8.77. The Hall–Kier alpha value is -5.23. The van der Waals surface area contributed by atoms with Gasteiger partial charge in [-0.15, -0.1) is 0 Å². The van der Waals surface area contributed by atoms with Crippen LogP contribution in [0.15, 0.2) is 122 Å². The lowest BCUT2D eigenvalue weighted by molar-refractivity contribution is 1.08. The van der Waals surface area contributed by atoms with Crippen LogP contribution in [0.2, 0.25) is 0 Å². The molecule has 0 aliphatic carbocycles. The van der Waals surface area contributed by atoms with Crippen LogP contribution >= 0.6 is 0 Å². The van der Waals surface area contributed by atoms with Crippen LogP contribution in [0.5, 0.6) is 0 Å². The molecule has 0 saturated heterocycles. The van der Waals surface area contributed by atoms with E-state index in [9.17, 15) is 0 Å². The fraction of sp³-hybridized carbons (Fsp3) is 0. The van der Waals surface area contributed by atoms with Crippen molar-refractivity contribution < 1.29 is 0 Å². The van der Waals surface area contributed by atoms with Crippen LogP contribution in [0.4, 0.5) is 0 Å². The molecular formula is C31H20N6. The Morgan fingerprint density at radius 3 is 1.70 bits per heavy atom. The van der Waals surface area contributed by atoms with Gasteiger partial charge in [0.05, 0.1) is 46.2 Å². The predicted molar refractivity (Wildman–Crippen MR) is 146 cm³/mol. The Balaban J connectivity index is 1.41. The SMILES string of the molecule is c1ccc(-c2nccc(-c3ncc(-n4c5ccccc5c5ccccc54)cn3)c2-c2ccccn2)nc1. The van der Waals surface area contributed by atoms with E-state index in [1.807, 2.05) is 54.9 Å². The summed E-state index contributed by atoms with van der Waals surface area (Å²) in [5, 5.41) is 2.41. The zero-order valence-electron chi connectivity index (χ0n) is 19.7. The molecule has 0 unspecified atom stereocenters. The number of hydrogen-bond acceptors (Lipinski definition) is 5. The normalized spacial score (nSPS) is 11.2. The van der Waals surface area contributed by atoms with Gasteiger partial charge in [0, 0.05) is 40.5 Å². The zero-order valence-corrected chi connectivity index (χ0v) is 19.7. The third-order valence-corrected chi connectivity index (χ3v) is 6.50. The number of nitrogens with zero attached hydrogens (tertiary/aromatic N) is 6. The van der Waals surface area contributed by atoms with Crippen LogP contribution in [-0.4, -0.2) is 29.5 Å². The topological polar surface area (TPSA) is 69.4 Å². The number of rotatable bonds is 4. The summed E-state index contributed by atoms with van der Waals surface area (Å²) in [5.41, 5.74) is 7.15. The molecule has 0 atom stereocenters. The highest BCUT2D eigenvalue weighted by Crippen LogP contribution is 2.36. The van der Waals surface area contributed by atoms with E-state index >= 15 is 0 Å². The summed E-state index contributed by atoms with van der Waals surface area (Å²) < 4.78 is 2.21. The molecule has 6 nitrogen and oxygen atoms in total. The molecule has 0 aliphatic heterocycles. The molecular weight excluding hydrogens is 456 g/mol. The van der Waals surface area contributed by atoms with Crippen LogP contribution in [0.25, 0.3) is 61.5 Å². The molecule has 0 N–H and O–H groups in total. The number of aromatic nitrogens is 6. The Bertz CT molecular complexity index is 1810. The molecule has 37 heavy (non-hydrogen) atoms. The van der Waals surface area contributed by atoms with Gasteiger partial charge in [0.15, 0.2) is 5.82 Å². The number of pyridine rings is 3. The van der Waals surface area contributed by atoms with E-state index in [2.05, 4.69) is 68.0 Å². The third kappa shape index (κ3) is 3.54. The predicted octanol–water partition coefficient (Wildman–Crippen LogP) is 6.76. The molecule has 5 heterocycles. The van der Waals surface area contributed by atoms with Crippen LogP contribution in [-0.2, 0) is 0 Å². The minimum absolute atomic E-state index is 0.602. The van der Waals surface area contributed by atoms with Gasteiger partial charge >= 0.3 is 0 Å². The van der Waals surface area contributed by atoms with Crippen LogP contribution in [0, 0.1) is 0 Å². The average molecular weight is 477 g/mol. The summed E-state index contributed by atoms with van der Waals surface area (Å²) in [7, 11) is 0. The number of benzene rings is 2. The van der Waals surface area contributed by atoms with Crippen molar-refractivity contribution in [2.75, 3.05) is 0 Å². The number of fused-ring (bicyclic) bond motifs is 3. The molecule has 7 aromatic rings. The van der Waals surface area contributed by atoms with Crippen molar-refractivity contribution in [3.05, 3.63) is 122 Å². The first-order chi connectivity index (χ1) is 18.4. The maximum atomic E-state index is 4.83. The van der Waals surface area contributed by atoms with Gasteiger partial charge in [0.2, 0.25) is 0 Å². The zero-order chi connectivity index (χ0) is 24.6. The van der Waals surface area contributed by atoms with E-state index in [4.69, 9.17) is 9.97 Å². The van der Waals surface area contributed by atoms with Crippen molar-refractivity contribution in [1.82, 2.24) is 29.5 Å². The number of hydrogen-bond donors (Lipinski definition) is 0. The summed E-state index contributed by atoms with van der Waals surface area (Å²) >= 11 is 0. The first-order valence-electron chi connectivity index (χ1n) is 12.0. The molecule has 6 heteroatoms. The van der Waals surface area contributed by atoms with Gasteiger partial charge in [0.1, 0.15) is 0 Å². The van der Waals surface area contributed by atoms with Crippen molar-refractivity contribution in [2.45, 2.75) is 0 Å². The van der Waals surface area contributed by atoms with E-state index in [1.165, 1.54) is 10.8 Å². The van der Waals surface area contributed by atoms with Crippen molar-refractivity contribution >= 4 is 21.8 Å². The smallest absolute Gasteiger partial charge is 0.160 e. The van der Waals surface area contributed by atoms with Crippen molar-refractivity contribution in [2.24, 2.45) is 0 Å². The van der Waals surface area contributed by atoms with Crippen LogP contribution < -0.4 is 0 Å². The summed E-state index contributed by atoms with van der Waals surface area (Å²) in [6.07, 6.45) is 9.08. The summed E-state index contributed by atoms with van der Waals surface area (Å²) in [6, 6.07) is 30.4. The molecule has 0 fully saturated rings. The molecule has 0 amide bonds. The Labute approximate surface area is 213 Å². The van der Waals surface area contributed by atoms with E-state index in [0.717, 1.165) is 44.9 Å². The van der Waals surface area contributed by atoms with Crippen molar-refractivity contribution in [3.8, 4) is 39.7 Å². The van der Waals surface area contributed by atoms with E-state index in [1.54, 1.807) is 18.6 Å². The average Bonchev–Trinajstić information content (AvgIpc) is 3.32. The molecule has 174 valence electrons. The third-order valence-electron chi connectivity index (χ3n) is 6.50. The van der Waals surface area contributed by atoms with Crippen LogP contribution in [0.3, 0.4) is 0 Å². The maximum Gasteiger partial charge on any atom is 0.160 e. The highest BCUT2D eigenvalue weighted by atomic mass is 15.0. The van der Waals surface area contributed by atoms with Crippen LogP contribution in [0.1, 0.15) is 0 Å². The molecule has 0 saturated carbocycles. The Kier molecular flexibility index (Phi) is 5.00.